The second kappa shape index (κ2) is 13.9. The molecular weight excluding hydrogens is 478 g/mol. The van der Waals surface area contributed by atoms with Crippen LogP contribution in [0.25, 0.3) is 0 Å². The predicted octanol–water partition coefficient (Wildman–Crippen LogP) is 5.09. The van der Waals surface area contributed by atoms with Crippen molar-refractivity contribution in [3.05, 3.63) is 69.8 Å². The summed E-state index contributed by atoms with van der Waals surface area (Å²) >= 11 is 1.43. The molecule has 0 bridgehead atoms. The van der Waals surface area contributed by atoms with Crippen LogP contribution in [0.1, 0.15) is 56.6 Å². The number of nitro groups is 1. The van der Waals surface area contributed by atoms with Crippen molar-refractivity contribution in [3.63, 3.8) is 0 Å². The van der Waals surface area contributed by atoms with E-state index in [4.69, 9.17) is 4.74 Å². The number of thioether (sulfide) groups is 1. The largest absolute Gasteiger partial charge is 0.497 e. The minimum atomic E-state index is -0.564. The minimum absolute atomic E-state index is 0.0408. The number of amides is 2. The highest BCUT2D eigenvalue weighted by Crippen LogP contribution is 2.22. The smallest absolute Gasteiger partial charge is 0.269 e. The number of ether oxygens (including phenoxy) is 1. The fraction of sp³-hybridized carbons (Fsp3) is 0.481. The van der Waals surface area contributed by atoms with E-state index < -0.39 is 11.0 Å². The first kappa shape index (κ1) is 27.5. The number of methoxy groups -OCH3 is 1. The molecule has 0 aromatic heterocycles. The first-order valence-electron chi connectivity index (χ1n) is 12.4. The fourth-order valence-corrected chi connectivity index (χ4v) is 5.35. The molecular formula is C27H35N3O5S. The molecule has 1 atom stereocenters. The number of rotatable bonds is 12. The summed E-state index contributed by atoms with van der Waals surface area (Å²) in [6.07, 6.45) is 5.92. The van der Waals surface area contributed by atoms with Gasteiger partial charge in [0, 0.05) is 30.5 Å². The van der Waals surface area contributed by atoms with Gasteiger partial charge in [-0.05, 0) is 42.5 Å². The zero-order valence-electron chi connectivity index (χ0n) is 21.0. The molecule has 2 aromatic carbocycles. The van der Waals surface area contributed by atoms with E-state index in [0.717, 1.165) is 36.8 Å². The van der Waals surface area contributed by atoms with Crippen LogP contribution in [0.5, 0.6) is 5.75 Å². The monoisotopic (exact) mass is 513 g/mol. The summed E-state index contributed by atoms with van der Waals surface area (Å²) in [6, 6.07) is 13.5. The number of carbonyl (C=O) groups excluding carboxylic acids is 2. The summed E-state index contributed by atoms with van der Waals surface area (Å²) in [5, 5.41) is 14.1. The molecule has 0 heterocycles. The molecule has 3 rings (SSSR count). The normalized spacial score (nSPS) is 14.6. The van der Waals surface area contributed by atoms with Gasteiger partial charge in [-0.1, -0.05) is 50.5 Å². The van der Waals surface area contributed by atoms with Gasteiger partial charge < -0.3 is 15.0 Å². The molecule has 8 nitrogen and oxygen atoms in total. The topological polar surface area (TPSA) is 102 Å². The quantitative estimate of drug-likeness (QED) is 0.313. The predicted molar refractivity (Wildman–Crippen MR) is 142 cm³/mol. The SMILES string of the molecule is CC[C@H](C(=O)NC1CCCCC1)N(Cc1cccc(OC)c1)C(=O)CSCc1ccc([N+](=O)[O-])cc1. The maximum absolute atomic E-state index is 13.4. The maximum Gasteiger partial charge on any atom is 0.269 e. The fourth-order valence-electron chi connectivity index (χ4n) is 4.48. The Kier molecular flexibility index (Phi) is 10.6. The number of nitrogens with one attached hydrogen (secondary N) is 1. The first-order valence-corrected chi connectivity index (χ1v) is 13.6. The lowest BCUT2D eigenvalue weighted by Gasteiger charge is -2.32. The third-order valence-corrected chi connectivity index (χ3v) is 7.45. The highest BCUT2D eigenvalue weighted by molar-refractivity contribution is 7.99. The van der Waals surface area contributed by atoms with E-state index in [-0.39, 0.29) is 29.3 Å². The van der Waals surface area contributed by atoms with Crippen LogP contribution in [0.4, 0.5) is 5.69 Å². The number of nitrogens with zero attached hydrogens (tertiary/aromatic N) is 2. The molecule has 0 unspecified atom stereocenters. The molecule has 194 valence electrons. The Morgan fingerprint density at radius 3 is 2.50 bits per heavy atom. The molecule has 1 saturated carbocycles. The lowest BCUT2D eigenvalue weighted by molar-refractivity contribution is -0.384. The minimum Gasteiger partial charge on any atom is -0.497 e. The summed E-state index contributed by atoms with van der Waals surface area (Å²) in [7, 11) is 1.60. The molecule has 1 aliphatic rings. The zero-order valence-corrected chi connectivity index (χ0v) is 21.8. The molecule has 36 heavy (non-hydrogen) atoms. The Balaban J connectivity index is 1.70. The van der Waals surface area contributed by atoms with Gasteiger partial charge in [0.2, 0.25) is 11.8 Å². The average molecular weight is 514 g/mol. The summed E-state index contributed by atoms with van der Waals surface area (Å²) in [5.41, 5.74) is 1.84. The molecule has 1 fully saturated rings. The second-order valence-corrected chi connectivity index (χ2v) is 10.0. The second-order valence-electron chi connectivity index (χ2n) is 9.06. The van der Waals surface area contributed by atoms with Crippen LogP contribution in [-0.4, -0.2) is 46.6 Å². The lowest BCUT2D eigenvalue weighted by Crippen LogP contribution is -2.52. The van der Waals surface area contributed by atoms with Crippen molar-refractivity contribution in [2.45, 2.75) is 69.8 Å². The molecule has 1 aliphatic carbocycles. The van der Waals surface area contributed by atoms with E-state index in [9.17, 15) is 19.7 Å². The van der Waals surface area contributed by atoms with Crippen molar-refractivity contribution in [1.82, 2.24) is 10.2 Å². The van der Waals surface area contributed by atoms with Crippen molar-refractivity contribution in [2.24, 2.45) is 0 Å². The number of non-ortho nitro benzene ring substituents is 1. The summed E-state index contributed by atoms with van der Waals surface area (Å²) in [4.78, 5) is 38.8. The summed E-state index contributed by atoms with van der Waals surface area (Å²) in [6.45, 7) is 2.24. The van der Waals surface area contributed by atoms with Gasteiger partial charge >= 0.3 is 0 Å². The van der Waals surface area contributed by atoms with Gasteiger partial charge in [-0.15, -0.1) is 11.8 Å². The molecule has 0 saturated heterocycles. The number of hydrogen-bond donors (Lipinski definition) is 1. The number of nitro benzene ring substituents is 1. The molecule has 0 spiro atoms. The van der Waals surface area contributed by atoms with Gasteiger partial charge in [-0.2, -0.15) is 0 Å². The van der Waals surface area contributed by atoms with Crippen molar-refractivity contribution in [3.8, 4) is 5.75 Å². The van der Waals surface area contributed by atoms with Gasteiger partial charge in [0.25, 0.3) is 5.69 Å². The Morgan fingerprint density at radius 2 is 1.86 bits per heavy atom. The Hall–Kier alpha value is -3.07. The van der Waals surface area contributed by atoms with Crippen molar-refractivity contribution < 1.29 is 19.2 Å². The van der Waals surface area contributed by atoms with Crippen LogP contribution in [0.15, 0.2) is 48.5 Å². The van der Waals surface area contributed by atoms with Crippen molar-refractivity contribution >= 4 is 29.3 Å². The summed E-state index contributed by atoms with van der Waals surface area (Å²) in [5.74, 6) is 1.24. The van der Waals surface area contributed by atoms with Crippen LogP contribution < -0.4 is 10.1 Å². The Morgan fingerprint density at radius 1 is 1.14 bits per heavy atom. The molecule has 2 aromatic rings. The molecule has 0 radical (unpaired) electrons. The molecule has 1 N–H and O–H groups in total. The maximum atomic E-state index is 13.4. The van der Waals surface area contributed by atoms with Gasteiger partial charge in [0.15, 0.2) is 0 Å². The number of benzene rings is 2. The van der Waals surface area contributed by atoms with Crippen molar-refractivity contribution in [2.75, 3.05) is 12.9 Å². The average Bonchev–Trinajstić information content (AvgIpc) is 2.89. The number of hydrogen-bond acceptors (Lipinski definition) is 6. The summed E-state index contributed by atoms with van der Waals surface area (Å²) < 4.78 is 5.34. The number of carbonyl (C=O) groups is 2. The Bertz CT molecular complexity index is 1020. The van der Waals surface area contributed by atoms with Crippen LogP contribution in [0.2, 0.25) is 0 Å². The van der Waals surface area contributed by atoms with Gasteiger partial charge in [-0.25, -0.2) is 0 Å². The van der Waals surface area contributed by atoms with Crippen LogP contribution in [0, 0.1) is 10.1 Å². The van der Waals surface area contributed by atoms with Crippen LogP contribution in [-0.2, 0) is 21.9 Å². The van der Waals surface area contributed by atoms with Gasteiger partial charge in [0.1, 0.15) is 11.8 Å². The van der Waals surface area contributed by atoms with Gasteiger partial charge in [-0.3, -0.25) is 19.7 Å². The standard InChI is InChI=1S/C27H35N3O5S/c1-3-25(27(32)28-22-9-5-4-6-10-22)29(17-21-8-7-11-24(16-21)35-2)26(31)19-36-18-20-12-14-23(15-13-20)30(33)34/h7-8,11-16,22,25H,3-6,9-10,17-19H2,1-2H3,(H,28,32)/t25-/m1/s1. The van der Waals surface area contributed by atoms with E-state index in [1.807, 2.05) is 31.2 Å². The lowest BCUT2D eigenvalue weighted by atomic mass is 9.95. The van der Waals surface area contributed by atoms with E-state index >= 15 is 0 Å². The highest BCUT2D eigenvalue weighted by atomic mass is 32.2. The van der Waals surface area contributed by atoms with Crippen LogP contribution in [0.3, 0.4) is 0 Å². The third-order valence-electron chi connectivity index (χ3n) is 6.47. The van der Waals surface area contributed by atoms with Crippen LogP contribution >= 0.6 is 11.8 Å². The third kappa shape index (κ3) is 7.98. The van der Waals surface area contributed by atoms with E-state index in [0.29, 0.717) is 24.5 Å². The molecule has 9 heteroatoms. The zero-order chi connectivity index (χ0) is 25.9. The first-order chi connectivity index (χ1) is 17.4. The highest BCUT2D eigenvalue weighted by Gasteiger charge is 2.30. The van der Waals surface area contributed by atoms with E-state index in [1.54, 1.807) is 24.1 Å². The Labute approximate surface area is 216 Å². The molecule has 0 aliphatic heterocycles. The van der Waals surface area contributed by atoms with Gasteiger partial charge in [0.05, 0.1) is 17.8 Å². The van der Waals surface area contributed by atoms with E-state index in [2.05, 4.69) is 5.32 Å². The molecule has 2 amide bonds. The van der Waals surface area contributed by atoms with E-state index in [1.165, 1.54) is 30.3 Å². The van der Waals surface area contributed by atoms with Crippen molar-refractivity contribution in [1.29, 1.82) is 0 Å².